The number of likely N-dealkylation sites (N-methyl/N-ethyl adjacent to an activating group) is 1. The Morgan fingerprint density at radius 3 is 1.95 bits per heavy atom. The van der Waals surface area contributed by atoms with E-state index in [-0.39, 0.29) is 12.5 Å². The predicted molar refractivity (Wildman–Crippen MR) is 71.3 cm³/mol. The first-order chi connectivity index (χ1) is 9.31. The zero-order chi connectivity index (χ0) is 14.2. The van der Waals surface area contributed by atoms with Crippen LogP contribution in [0.2, 0.25) is 0 Å². The van der Waals surface area contributed by atoms with E-state index in [0.29, 0.717) is 46.2 Å². The Morgan fingerprint density at radius 2 is 1.42 bits per heavy atom. The molecule has 1 amide bonds. The molecule has 7 nitrogen and oxygen atoms in total. The summed E-state index contributed by atoms with van der Waals surface area (Å²) in [4.78, 5) is 11.0. The first kappa shape index (κ1) is 18.3. The second-order valence-corrected chi connectivity index (χ2v) is 3.72. The van der Waals surface area contributed by atoms with Crippen LogP contribution >= 0.6 is 0 Å². The highest BCUT2D eigenvalue weighted by Gasteiger charge is 1.97. The molecule has 0 aliphatic heterocycles. The molecule has 0 bridgehead atoms. The number of ether oxygens (including phenoxy) is 4. The van der Waals surface area contributed by atoms with Crippen molar-refractivity contribution in [2.75, 3.05) is 73.5 Å². The Kier molecular flexibility index (Phi) is 14.7. The topological polar surface area (TPSA) is 78.0 Å². The summed E-state index contributed by atoms with van der Waals surface area (Å²) in [6.45, 7) is 4.77. The van der Waals surface area contributed by atoms with Crippen LogP contribution in [0.25, 0.3) is 0 Å². The SMILES string of the molecule is CNCCOCCOCCOCCNC(=O)COC. The first-order valence-corrected chi connectivity index (χ1v) is 6.44. The van der Waals surface area contributed by atoms with Gasteiger partial charge in [-0.15, -0.1) is 0 Å². The van der Waals surface area contributed by atoms with Gasteiger partial charge in [0.2, 0.25) is 5.91 Å². The van der Waals surface area contributed by atoms with Crippen molar-refractivity contribution in [1.82, 2.24) is 10.6 Å². The van der Waals surface area contributed by atoms with Gasteiger partial charge in [-0.25, -0.2) is 0 Å². The van der Waals surface area contributed by atoms with E-state index in [9.17, 15) is 4.79 Å². The molecule has 19 heavy (non-hydrogen) atoms. The van der Waals surface area contributed by atoms with Crippen molar-refractivity contribution >= 4 is 5.91 Å². The molecule has 2 N–H and O–H groups in total. The molecule has 0 aromatic heterocycles. The summed E-state index contributed by atoms with van der Waals surface area (Å²) < 4.78 is 20.5. The number of carbonyl (C=O) groups excluding carboxylic acids is 1. The van der Waals surface area contributed by atoms with E-state index in [1.165, 1.54) is 7.11 Å². The van der Waals surface area contributed by atoms with Gasteiger partial charge < -0.3 is 29.6 Å². The van der Waals surface area contributed by atoms with Crippen molar-refractivity contribution in [3.05, 3.63) is 0 Å². The molecule has 0 atom stereocenters. The van der Waals surface area contributed by atoms with Gasteiger partial charge in [-0.3, -0.25) is 4.79 Å². The van der Waals surface area contributed by atoms with Crippen LogP contribution in [-0.4, -0.2) is 79.4 Å². The Hall–Kier alpha value is -0.730. The third-order valence-corrected chi connectivity index (χ3v) is 2.08. The summed E-state index contributed by atoms with van der Waals surface area (Å²) in [5, 5.41) is 5.65. The fraction of sp³-hybridized carbons (Fsp3) is 0.917. The van der Waals surface area contributed by atoms with Crippen LogP contribution in [0, 0.1) is 0 Å². The van der Waals surface area contributed by atoms with Gasteiger partial charge in [0.15, 0.2) is 0 Å². The number of amides is 1. The summed E-state index contributed by atoms with van der Waals surface area (Å²) in [6, 6.07) is 0. The Labute approximate surface area is 114 Å². The molecular formula is C12H26N2O5. The smallest absolute Gasteiger partial charge is 0.246 e. The monoisotopic (exact) mass is 278 g/mol. The second-order valence-electron chi connectivity index (χ2n) is 3.72. The lowest BCUT2D eigenvalue weighted by Gasteiger charge is -2.07. The number of rotatable bonds is 14. The fourth-order valence-electron chi connectivity index (χ4n) is 1.16. The van der Waals surface area contributed by atoms with Crippen molar-refractivity contribution in [3.63, 3.8) is 0 Å². The maximum absolute atomic E-state index is 11.0. The standard InChI is InChI=1S/C12H26N2O5/c1-13-3-5-17-7-9-19-10-8-18-6-4-14-12(15)11-16-2/h13H,3-11H2,1-2H3,(H,14,15). The Balaban J connectivity index is 3.01. The lowest BCUT2D eigenvalue weighted by molar-refractivity contribution is -0.125. The normalized spacial score (nSPS) is 10.6. The van der Waals surface area contributed by atoms with Crippen molar-refractivity contribution in [3.8, 4) is 0 Å². The lowest BCUT2D eigenvalue weighted by Crippen LogP contribution is -2.30. The predicted octanol–water partition coefficient (Wildman–Crippen LogP) is -0.982. The molecule has 0 aromatic carbocycles. The van der Waals surface area contributed by atoms with E-state index in [2.05, 4.69) is 15.4 Å². The van der Waals surface area contributed by atoms with Gasteiger partial charge in [-0.05, 0) is 7.05 Å². The number of hydrogen-bond acceptors (Lipinski definition) is 6. The van der Waals surface area contributed by atoms with Gasteiger partial charge in [0.1, 0.15) is 6.61 Å². The van der Waals surface area contributed by atoms with Gasteiger partial charge in [-0.1, -0.05) is 0 Å². The maximum atomic E-state index is 11.0. The van der Waals surface area contributed by atoms with Gasteiger partial charge in [0.25, 0.3) is 0 Å². The maximum Gasteiger partial charge on any atom is 0.246 e. The molecule has 0 aliphatic carbocycles. The molecule has 0 saturated carbocycles. The Bertz CT molecular complexity index is 205. The van der Waals surface area contributed by atoms with Crippen molar-refractivity contribution in [2.24, 2.45) is 0 Å². The molecule has 0 radical (unpaired) electrons. The van der Waals surface area contributed by atoms with Gasteiger partial charge in [0.05, 0.1) is 39.6 Å². The fourth-order valence-corrected chi connectivity index (χ4v) is 1.16. The highest BCUT2D eigenvalue weighted by Crippen LogP contribution is 1.81. The lowest BCUT2D eigenvalue weighted by atomic mass is 10.6. The second kappa shape index (κ2) is 15.3. The van der Waals surface area contributed by atoms with Crippen LogP contribution < -0.4 is 10.6 Å². The van der Waals surface area contributed by atoms with Crippen LogP contribution in [0.3, 0.4) is 0 Å². The van der Waals surface area contributed by atoms with Crippen LogP contribution in [-0.2, 0) is 23.7 Å². The van der Waals surface area contributed by atoms with Gasteiger partial charge >= 0.3 is 0 Å². The highest BCUT2D eigenvalue weighted by atomic mass is 16.5. The number of carbonyl (C=O) groups is 1. The molecule has 7 heteroatoms. The molecule has 0 rings (SSSR count). The van der Waals surface area contributed by atoms with Crippen LogP contribution in [0.5, 0.6) is 0 Å². The van der Waals surface area contributed by atoms with E-state index in [1.54, 1.807) is 0 Å². The van der Waals surface area contributed by atoms with E-state index in [1.807, 2.05) is 7.05 Å². The summed E-state index contributed by atoms with van der Waals surface area (Å²) >= 11 is 0. The van der Waals surface area contributed by atoms with Crippen LogP contribution in [0.1, 0.15) is 0 Å². The summed E-state index contributed by atoms with van der Waals surface area (Å²) in [5.74, 6) is -0.138. The summed E-state index contributed by atoms with van der Waals surface area (Å²) in [6.07, 6.45) is 0. The number of nitrogens with one attached hydrogen (secondary N) is 2. The quantitative estimate of drug-likeness (QED) is 0.398. The first-order valence-electron chi connectivity index (χ1n) is 6.44. The zero-order valence-electron chi connectivity index (χ0n) is 11.9. The van der Waals surface area contributed by atoms with E-state index >= 15 is 0 Å². The molecule has 0 unspecified atom stereocenters. The molecule has 0 spiro atoms. The van der Waals surface area contributed by atoms with E-state index in [4.69, 9.17) is 14.2 Å². The van der Waals surface area contributed by atoms with Crippen LogP contribution in [0.4, 0.5) is 0 Å². The number of methoxy groups -OCH3 is 1. The molecule has 0 saturated heterocycles. The molecule has 0 heterocycles. The minimum absolute atomic E-state index is 0.0800. The summed E-state index contributed by atoms with van der Waals surface area (Å²) in [5.41, 5.74) is 0. The highest BCUT2D eigenvalue weighted by molar-refractivity contribution is 5.77. The molecule has 114 valence electrons. The minimum Gasteiger partial charge on any atom is -0.378 e. The van der Waals surface area contributed by atoms with Crippen molar-refractivity contribution < 1.29 is 23.7 Å². The van der Waals surface area contributed by atoms with Gasteiger partial charge in [-0.2, -0.15) is 0 Å². The molecule has 0 aliphatic rings. The number of hydrogen-bond donors (Lipinski definition) is 2. The van der Waals surface area contributed by atoms with Gasteiger partial charge in [0, 0.05) is 20.2 Å². The average Bonchev–Trinajstić information content (AvgIpc) is 2.40. The Morgan fingerprint density at radius 1 is 0.895 bits per heavy atom. The summed E-state index contributed by atoms with van der Waals surface area (Å²) in [7, 11) is 3.37. The third kappa shape index (κ3) is 15.2. The average molecular weight is 278 g/mol. The zero-order valence-corrected chi connectivity index (χ0v) is 11.9. The third-order valence-electron chi connectivity index (χ3n) is 2.08. The molecular weight excluding hydrogens is 252 g/mol. The largest absolute Gasteiger partial charge is 0.378 e. The molecule has 0 fully saturated rings. The van der Waals surface area contributed by atoms with E-state index < -0.39 is 0 Å². The van der Waals surface area contributed by atoms with Crippen molar-refractivity contribution in [2.45, 2.75) is 0 Å². The van der Waals surface area contributed by atoms with E-state index in [0.717, 1.165) is 6.54 Å². The minimum atomic E-state index is -0.138. The van der Waals surface area contributed by atoms with Crippen molar-refractivity contribution in [1.29, 1.82) is 0 Å². The van der Waals surface area contributed by atoms with Crippen LogP contribution in [0.15, 0.2) is 0 Å². The molecule has 0 aromatic rings.